The Morgan fingerprint density at radius 3 is 2.57 bits per heavy atom. The Hall–Kier alpha value is -1.84. The molecule has 3 nitrogen and oxygen atoms in total. The summed E-state index contributed by atoms with van der Waals surface area (Å²) in [7, 11) is 0. The molecule has 0 aliphatic heterocycles. The van der Waals surface area contributed by atoms with Gasteiger partial charge in [0.15, 0.2) is 0 Å². The van der Waals surface area contributed by atoms with E-state index in [2.05, 4.69) is 4.57 Å². The van der Waals surface area contributed by atoms with Gasteiger partial charge in [0, 0.05) is 17.5 Å². The van der Waals surface area contributed by atoms with Crippen molar-refractivity contribution in [2.45, 2.75) is 50.5 Å². The lowest BCUT2D eigenvalue weighted by Crippen LogP contribution is -2.08. The monoisotopic (exact) mass is 285 g/mol. The number of nitrogen functional groups attached to an aromatic ring is 1. The number of benzene rings is 1. The maximum Gasteiger partial charge on any atom is 0.132 e. The van der Waals surface area contributed by atoms with Crippen LogP contribution in [0.15, 0.2) is 24.3 Å². The van der Waals surface area contributed by atoms with Crippen molar-refractivity contribution >= 4 is 5.82 Å². The van der Waals surface area contributed by atoms with E-state index >= 15 is 0 Å². The van der Waals surface area contributed by atoms with Crippen LogP contribution in [0.3, 0.4) is 0 Å². The fraction of sp³-hybridized carbons (Fsp3) is 0.471. The van der Waals surface area contributed by atoms with Crippen LogP contribution < -0.4 is 5.73 Å². The first-order valence-corrected chi connectivity index (χ1v) is 7.87. The lowest BCUT2D eigenvalue weighted by atomic mass is 10.1. The summed E-state index contributed by atoms with van der Waals surface area (Å²) < 4.78 is 15.7. The molecule has 0 bridgehead atoms. The zero-order chi connectivity index (χ0) is 14.4. The highest BCUT2D eigenvalue weighted by molar-refractivity contribution is 5.71. The zero-order valence-electron chi connectivity index (χ0n) is 12.1. The largest absolute Gasteiger partial charge is 0.383 e. The van der Waals surface area contributed by atoms with Crippen LogP contribution in [0.5, 0.6) is 0 Å². The normalized spacial score (nSPS) is 19.3. The fourth-order valence-corrected chi connectivity index (χ4v) is 3.50. The second kappa shape index (κ2) is 4.86. The number of halogens is 1. The SMILES string of the molecule is Nc1c(-c2cccc(F)c2)nc(C2CCCC2)n1C1CC1. The smallest absolute Gasteiger partial charge is 0.132 e. The van der Waals surface area contributed by atoms with Gasteiger partial charge in [0.05, 0.1) is 0 Å². The molecule has 4 heteroatoms. The quantitative estimate of drug-likeness (QED) is 0.915. The van der Waals surface area contributed by atoms with Crippen LogP contribution in [0.1, 0.15) is 56.3 Å². The maximum absolute atomic E-state index is 13.5. The predicted molar refractivity (Wildman–Crippen MR) is 81.5 cm³/mol. The topological polar surface area (TPSA) is 43.8 Å². The molecule has 0 radical (unpaired) electrons. The Balaban J connectivity index is 1.82. The standard InChI is InChI=1S/C17H20FN3/c18-13-7-3-6-12(10-13)15-16(19)21(14-8-9-14)17(20-15)11-4-1-2-5-11/h3,6-7,10-11,14H,1-2,4-5,8-9,19H2. The number of hydrogen-bond donors (Lipinski definition) is 1. The first-order valence-electron chi connectivity index (χ1n) is 7.87. The number of hydrogen-bond acceptors (Lipinski definition) is 2. The van der Waals surface area contributed by atoms with Crippen molar-refractivity contribution in [2.24, 2.45) is 0 Å². The highest BCUT2D eigenvalue weighted by Crippen LogP contribution is 2.45. The maximum atomic E-state index is 13.5. The lowest BCUT2D eigenvalue weighted by molar-refractivity contribution is 0.596. The molecule has 21 heavy (non-hydrogen) atoms. The minimum atomic E-state index is -0.240. The third-order valence-corrected chi connectivity index (χ3v) is 4.71. The van der Waals surface area contributed by atoms with Gasteiger partial charge in [-0.3, -0.25) is 0 Å². The second-order valence-corrected chi connectivity index (χ2v) is 6.30. The molecule has 0 saturated heterocycles. The van der Waals surface area contributed by atoms with E-state index in [1.54, 1.807) is 6.07 Å². The molecule has 110 valence electrons. The molecule has 0 amide bonds. The van der Waals surface area contributed by atoms with Gasteiger partial charge in [-0.25, -0.2) is 9.37 Å². The van der Waals surface area contributed by atoms with E-state index in [0.717, 1.165) is 17.1 Å². The van der Waals surface area contributed by atoms with Gasteiger partial charge in [0.2, 0.25) is 0 Å². The molecule has 4 rings (SSSR count). The van der Waals surface area contributed by atoms with Crippen molar-refractivity contribution in [1.82, 2.24) is 9.55 Å². The molecular formula is C17H20FN3. The summed E-state index contributed by atoms with van der Waals surface area (Å²) in [5, 5.41) is 0. The summed E-state index contributed by atoms with van der Waals surface area (Å²) in [6.07, 6.45) is 7.32. The summed E-state index contributed by atoms with van der Waals surface area (Å²) in [6.45, 7) is 0. The third-order valence-electron chi connectivity index (χ3n) is 4.71. The highest BCUT2D eigenvalue weighted by Gasteiger charge is 2.33. The summed E-state index contributed by atoms with van der Waals surface area (Å²) in [6, 6.07) is 7.09. The second-order valence-electron chi connectivity index (χ2n) is 6.30. The van der Waals surface area contributed by atoms with E-state index in [1.807, 2.05) is 6.07 Å². The Kier molecular flexibility index (Phi) is 2.98. The van der Waals surface area contributed by atoms with Crippen LogP contribution >= 0.6 is 0 Å². The summed E-state index contributed by atoms with van der Waals surface area (Å²) in [5.74, 6) is 2.13. The van der Waals surface area contributed by atoms with Gasteiger partial charge in [0.25, 0.3) is 0 Å². The molecule has 1 aromatic carbocycles. The highest BCUT2D eigenvalue weighted by atomic mass is 19.1. The minimum absolute atomic E-state index is 0.240. The Labute approximate surface area is 124 Å². The fourth-order valence-electron chi connectivity index (χ4n) is 3.50. The predicted octanol–water partition coefficient (Wildman–Crippen LogP) is 4.26. The van der Waals surface area contributed by atoms with Crippen molar-refractivity contribution in [3.63, 3.8) is 0 Å². The van der Waals surface area contributed by atoms with Crippen molar-refractivity contribution in [3.05, 3.63) is 35.9 Å². The van der Waals surface area contributed by atoms with Crippen molar-refractivity contribution in [1.29, 1.82) is 0 Å². The molecule has 1 aromatic heterocycles. The van der Waals surface area contributed by atoms with E-state index in [0.29, 0.717) is 17.8 Å². The van der Waals surface area contributed by atoms with Gasteiger partial charge in [0.1, 0.15) is 23.2 Å². The first-order chi connectivity index (χ1) is 10.2. The van der Waals surface area contributed by atoms with Gasteiger partial charge in [-0.05, 0) is 37.8 Å². The van der Waals surface area contributed by atoms with E-state index < -0.39 is 0 Å². The van der Waals surface area contributed by atoms with Crippen LogP contribution in [-0.4, -0.2) is 9.55 Å². The van der Waals surface area contributed by atoms with E-state index in [1.165, 1.54) is 50.7 Å². The molecule has 2 fully saturated rings. The number of nitrogens with zero attached hydrogens (tertiary/aromatic N) is 2. The summed E-state index contributed by atoms with van der Waals surface area (Å²) >= 11 is 0. The number of nitrogens with two attached hydrogens (primary N) is 1. The first kappa shape index (κ1) is 12.9. The molecule has 2 aromatic rings. The average Bonchev–Trinajstić information content (AvgIpc) is 3.04. The lowest BCUT2D eigenvalue weighted by Gasteiger charge is -2.12. The molecule has 2 aliphatic carbocycles. The van der Waals surface area contributed by atoms with Crippen LogP contribution in [0, 0.1) is 5.82 Å². The number of rotatable bonds is 3. The molecule has 2 N–H and O–H groups in total. The Morgan fingerprint density at radius 1 is 1.14 bits per heavy atom. The average molecular weight is 285 g/mol. The molecule has 0 spiro atoms. The zero-order valence-corrected chi connectivity index (χ0v) is 12.1. The van der Waals surface area contributed by atoms with Crippen molar-refractivity contribution in [2.75, 3.05) is 5.73 Å². The number of aromatic nitrogens is 2. The van der Waals surface area contributed by atoms with Crippen molar-refractivity contribution in [3.8, 4) is 11.3 Å². The van der Waals surface area contributed by atoms with Gasteiger partial charge in [-0.2, -0.15) is 0 Å². The number of anilines is 1. The van der Waals surface area contributed by atoms with E-state index in [4.69, 9.17) is 10.7 Å². The molecular weight excluding hydrogens is 265 g/mol. The summed E-state index contributed by atoms with van der Waals surface area (Å²) in [4.78, 5) is 4.84. The Bertz CT molecular complexity index is 667. The molecule has 0 unspecified atom stereocenters. The third kappa shape index (κ3) is 2.23. The van der Waals surface area contributed by atoms with E-state index in [-0.39, 0.29) is 5.82 Å². The van der Waals surface area contributed by atoms with Gasteiger partial charge in [-0.1, -0.05) is 25.0 Å². The molecule has 2 aliphatic rings. The Morgan fingerprint density at radius 2 is 1.90 bits per heavy atom. The van der Waals surface area contributed by atoms with Gasteiger partial charge < -0.3 is 10.3 Å². The minimum Gasteiger partial charge on any atom is -0.383 e. The molecule has 0 atom stereocenters. The summed E-state index contributed by atoms with van der Waals surface area (Å²) in [5.41, 5.74) is 7.91. The van der Waals surface area contributed by atoms with Crippen LogP contribution in [0.2, 0.25) is 0 Å². The van der Waals surface area contributed by atoms with Gasteiger partial charge >= 0.3 is 0 Å². The van der Waals surface area contributed by atoms with E-state index in [9.17, 15) is 4.39 Å². The molecule has 1 heterocycles. The van der Waals surface area contributed by atoms with Gasteiger partial charge in [-0.15, -0.1) is 0 Å². The van der Waals surface area contributed by atoms with Crippen LogP contribution in [-0.2, 0) is 0 Å². The van der Waals surface area contributed by atoms with Crippen LogP contribution in [0.25, 0.3) is 11.3 Å². The van der Waals surface area contributed by atoms with Crippen LogP contribution in [0.4, 0.5) is 10.2 Å². The molecule has 2 saturated carbocycles. The number of imidazole rings is 1. The van der Waals surface area contributed by atoms with Crippen molar-refractivity contribution < 1.29 is 4.39 Å².